The third kappa shape index (κ3) is 4.31. The summed E-state index contributed by atoms with van der Waals surface area (Å²) in [7, 11) is 0. The molecule has 4 heteroatoms. The second kappa shape index (κ2) is 8.63. The highest BCUT2D eigenvalue weighted by molar-refractivity contribution is 7.10. The Bertz CT molecular complexity index is 718. The van der Waals surface area contributed by atoms with Crippen molar-refractivity contribution in [3.8, 4) is 0 Å². The van der Waals surface area contributed by atoms with Gasteiger partial charge in [-0.3, -0.25) is 9.69 Å². The topological polar surface area (TPSA) is 32.3 Å². The molecule has 25 heavy (non-hydrogen) atoms. The van der Waals surface area contributed by atoms with Crippen LogP contribution in [0.2, 0.25) is 0 Å². The average molecular weight is 357 g/mol. The first-order valence-electron chi connectivity index (χ1n) is 9.39. The number of hydrogen-bond acceptors (Lipinski definition) is 3. The monoisotopic (exact) mass is 356 g/mol. The van der Waals surface area contributed by atoms with Crippen molar-refractivity contribution in [3.05, 3.63) is 56.8 Å². The van der Waals surface area contributed by atoms with E-state index in [4.69, 9.17) is 0 Å². The van der Waals surface area contributed by atoms with E-state index in [1.54, 1.807) is 11.3 Å². The molecular formula is C21H28N2OS. The molecule has 1 aromatic carbocycles. The van der Waals surface area contributed by atoms with Gasteiger partial charge in [0.2, 0.25) is 0 Å². The summed E-state index contributed by atoms with van der Waals surface area (Å²) in [6.45, 7) is 7.99. The number of carbonyl (C=O) groups excluding carboxylic acids is 1. The van der Waals surface area contributed by atoms with Gasteiger partial charge in [0.25, 0.3) is 5.91 Å². The van der Waals surface area contributed by atoms with Gasteiger partial charge < -0.3 is 5.32 Å². The summed E-state index contributed by atoms with van der Waals surface area (Å²) >= 11 is 1.75. The van der Waals surface area contributed by atoms with Gasteiger partial charge in [-0.25, -0.2) is 0 Å². The first-order valence-corrected chi connectivity index (χ1v) is 10.3. The number of aryl methyl sites for hydroxylation is 1. The third-order valence-electron chi connectivity index (χ3n) is 5.15. The molecule has 0 atom stereocenters. The molecule has 0 bridgehead atoms. The molecule has 0 unspecified atom stereocenters. The Morgan fingerprint density at radius 1 is 1.12 bits per heavy atom. The molecule has 0 saturated carbocycles. The molecule has 0 saturated heterocycles. The minimum Gasteiger partial charge on any atom is -0.348 e. The van der Waals surface area contributed by atoms with E-state index in [0.29, 0.717) is 6.54 Å². The van der Waals surface area contributed by atoms with Crippen LogP contribution >= 0.6 is 11.3 Å². The number of thiophene rings is 1. The summed E-state index contributed by atoms with van der Waals surface area (Å²) < 4.78 is 0. The van der Waals surface area contributed by atoms with Crippen molar-refractivity contribution in [1.29, 1.82) is 0 Å². The molecule has 3 nitrogen and oxygen atoms in total. The van der Waals surface area contributed by atoms with Crippen LogP contribution in [0.1, 0.15) is 58.6 Å². The predicted octanol–water partition coefficient (Wildman–Crippen LogP) is 4.40. The zero-order valence-corrected chi connectivity index (χ0v) is 16.1. The van der Waals surface area contributed by atoms with E-state index in [-0.39, 0.29) is 5.91 Å². The number of hydrogen-bond donors (Lipinski definition) is 1. The fraction of sp³-hybridized carbons (Fsp3) is 0.476. The molecule has 1 N–H and O–H groups in total. The number of rotatable bonds is 7. The summed E-state index contributed by atoms with van der Waals surface area (Å²) in [4.78, 5) is 16.5. The van der Waals surface area contributed by atoms with Crippen molar-refractivity contribution in [1.82, 2.24) is 10.2 Å². The first-order chi connectivity index (χ1) is 12.2. The van der Waals surface area contributed by atoms with Gasteiger partial charge in [0, 0.05) is 23.3 Å². The lowest BCUT2D eigenvalue weighted by Crippen LogP contribution is -2.26. The van der Waals surface area contributed by atoms with Crippen molar-refractivity contribution in [2.75, 3.05) is 13.1 Å². The predicted molar refractivity (Wildman–Crippen MR) is 105 cm³/mol. The zero-order valence-electron chi connectivity index (χ0n) is 15.3. The van der Waals surface area contributed by atoms with E-state index in [1.165, 1.54) is 34.4 Å². The Balaban J connectivity index is 1.67. The van der Waals surface area contributed by atoms with Gasteiger partial charge in [0.15, 0.2) is 0 Å². The molecular weight excluding hydrogens is 328 g/mol. The van der Waals surface area contributed by atoms with Gasteiger partial charge in [0.1, 0.15) is 0 Å². The summed E-state index contributed by atoms with van der Waals surface area (Å²) in [5, 5.41) is 5.20. The van der Waals surface area contributed by atoms with E-state index >= 15 is 0 Å². The molecule has 2 aromatic rings. The van der Waals surface area contributed by atoms with Gasteiger partial charge in [-0.05, 0) is 55.5 Å². The standard InChI is InChI=1S/C21H28N2OS/c1-3-23(4-2)14-17-10-6-5-9-16(17)13-22-21(24)19-15-25-20-12-8-7-11-18(19)20/h5-6,9-10,15H,3-4,7-8,11-14H2,1-2H3,(H,22,24). The molecule has 0 spiro atoms. The Morgan fingerprint density at radius 2 is 1.84 bits per heavy atom. The maximum Gasteiger partial charge on any atom is 0.252 e. The molecule has 1 aliphatic carbocycles. The smallest absolute Gasteiger partial charge is 0.252 e. The highest BCUT2D eigenvalue weighted by Crippen LogP contribution is 2.30. The highest BCUT2D eigenvalue weighted by Gasteiger charge is 2.20. The zero-order chi connectivity index (χ0) is 17.6. The van der Waals surface area contributed by atoms with E-state index in [1.807, 2.05) is 5.38 Å². The maximum absolute atomic E-state index is 12.7. The number of fused-ring (bicyclic) bond motifs is 1. The van der Waals surface area contributed by atoms with Crippen LogP contribution in [0.15, 0.2) is 29.6 Å². The lowest BCUT2D eigenvalue weighted by molar-refractivity contribution is 0.0950. The van der Waals surface area contributed by atoms with Crippen molar-refractivity contribution < 1.29 is 4.79 Å². The lowest BCUT2D eigenvalue weighted by Gasteiger charge is -2.20. The second-order valence-corrected chi connectivity index (χ2v) is 7.64. The molecule has 0 aliphatic heterocycles. The van der Waals surface area contributed by atoms with E-state index in [9.17, 15) is 4.79 Å². The fourth-order valence-corrected chi connectivity index (χ4v) is 4.65. The Labute approximate surface area is 155 Å². The van der Waals surface area contributed by atoms with Crippen LogP contribution in [0.25, 0.3) is 0 Å². The number of benzene rings is 1. The van der Waals surface area contributed by atoms with Crippen LogP contribution < -0.4 is 5.32 Å². The van der Waals surface area contributed by atoms with Crippen LogP contribution in [-0.2, 0) is 25.9 Å². The minimum absolute atomic E-state index is 0.0806. The molecule has 1 aromatic heterocycles. The lowest BCUT2D eigenvalue weighted by atomic mass is 9.95. The molecule has 1 aliphatic rings. The summed E-state index contributed by atoms with van der Waals surface area (Å²) in [6.07, 6.45) is 4.66. The van der Waals surface area contributed by atoms with E-state index in [0.717, 1.165) is 38.0 Å². The van der Waals surface area contributed by atoms with Gasteiger partial charge in [-0.2, -0.15) is 0 Å². The normalized spacial score (nSPS) is 13.7. The van der Waals surface area contributed by atoms with Crippen molar-refractivity contribution in [3.63, 3.8) is 0 Å². The maximum atomic E-state index is 12.7. The first kappa shape index (κ1) is 18.2. The van der Waals surface area contributed by atoms with E-state index < -0.39 is 0 Å². The number of nitrogens with one attached hydrogen (secondary N) is 1. The SMILES string of the molecule is CCN(CC)Cc1ccccc1CNC(=O)c1csc2c1CCCC2. The van der Waals surface area contributed by atoms with Crippen LogP contribution in [0.4, 0.5) is 0 Å². The molecule has 1 amide bonds. The van der Waals surface area contributed by atoms with Crippen LogP contribution in [-0.4, -0.2) is 23.9 Å². The molecule has 134 valence electrons. The second-order valence-electron chi connectivity index (χ2n) is 6.67. The van der Waals surface area contributed by atoms with Crippen LogP contribution in [0.3, 0.4) is 0 Å². The summed E-state index contributed by atoms with van der Waals surface area (Å²) in [6, 6.07) is 8.44. The largest absolute Gasteiger partial charge is 0.348 e. The highest BCUT2D eigenvalue weighted by atomic mass is 32.1. The average Bonchev–Trinajstić information content (AvgIpc) is 3.09. The minimum atomic E-state index is 0.0806. The third-order valence-corrected chi connectivity index (χ3v) is 6.24. The summed E-state index contributed by atoms with van der Waals surface area (Å²) in [5.41, 5.74) is 4.72. The molecule has 0 fully saturated rings. The van der Waals surface area contributed by atoms with E-state index in [2.05, 4.69) is 48.3 Å². The molecule has 1 heterocycles. The molecule has 0 radical (unpaired) electrons. The van der Waals surface area contributed by atoms with Gasteiger partial charge in [-0.15, -0.1) is 11.3 Å². The number of nitrogens with zero attached hydrogens (tertiary/aromatic N) is 1. The number of carbonyl (C=O) groups is 1. The van der Waals surface area contributed by atoms with Gasteiger partial charge >= 0.3 is 0 Å². The Morgan fingerprint density at radius 3 is 2.60 bits per heavy atom. The quantitative estimate of drug-likeness (QED) is 0.797. The van der Waals surface area contributed by atoms with Gasteiger partial charge in [0.05, 0.1) is 5.56 Å². The summed E-state index contributed by atoms with van der Waals surface area (Å²) in [5.74, 6) is 0.0806. The Kier molecular flexibility index (Phi) is 6.27. The van der Waals surface area contributed by atoms with Crippen LogP contribution in [0.5, 0.6) is 0 Å². The number of amides is 1. The van der Waals surface area contributed by atoms with Gasteiger partial charge in [-0.1, -0.05) is 38.1 Å². The van der Waals surface area contributed by atoms with Crippen LogP contribution in [0, 0.1) is 0 Å². The molecule has 3 rings (SSSR count). The van der Waals surface area contributed by atoms with Crippen molar-refractivity contribution in [2.45, 2.75) is 52.6 Å². The van der Waals surface area contributed by atoms with Crippen molar-refractivity contribution >= 4 is 17.2 Å². The van der Waals surface area contributed by atoms with Crippen molar-refractivity contribution in [2.24, 2.45) is 0 Å². The Hall–Kier alpha value is -1.65. The fourth-order valence-electron chi connectivity index (χ4n) is 3.53.